The first-order valence-electron chi connectivity index (χ1n) is 11.4. The van der Waals surface area contributed by atoms with Gasteiger partial charge < -0.3 is 19.4 Å². The molecule has 0 radical (unpaired) electrons. The third-order valence-electron chi connectivity index (χ3n) is 6.36. The molecule has 1 aliphatic heterocycles. The van der Waals surface area contributed by atoms with Gasteiger partial charge in [0.05, 0.1) is 19.6 Å². The highest BCUT2D eigenvalue weighted by Gasteiger charge is 2.38. The number of methoxy groups -OCH3 is 1. The molecule has 3 rings (SSSR count). The Morgan fingerprint density at radius 1 is 1.21 bits per heavy atom. The van der Waals surface area contributed by atoms with Crippen LogP contribution in [0.1, 0.15) is 47.1 Å². The number of sulfonamides is 1. The molecular weight excluding hydrogens is 458 g/mol. The van der Waals surface area contributed by atoms with E-state index in [4.69, 9.17) is 9.47 Å². The molecule has 1 aromatic heterocycles. The Kier molecular flexibility index (Phi) is 8.04. The van der Waals surface area contributed by atoms with Crippen LogP contribution in [0.5, 0.6) is 5.75 Å². The minimum absolute atomic E-state index is 0.0385. The van der Waals surface area contributed by atoms with Crippen LogP contribution in [-0.4, -0.2) is 56.0 Å². The SMILES string of the molecule is CCOC(=O)c1c(S(=O)(=O)N2CCC[C@@H](C(=O)NCc3cccc(OC)c3)C2)c(C)n(C)c1C. The summed E-state index contributed by atoms with van der Waals surface area (Å²) in [7, 11) is -0.715. The maximum absolute atomic E-state index is 13.7. The van der Waals surface area contributed by atoms with Crippen molar-refractivity contribution in [3.63, 3.8) is 0 Å². The lowest BCUT2D eigenvalue weighted by molar-refractivity contribution is -0.126. The quantitative estimate of drug-likeness (QED) is 0.569. The Bertz CT molecular complexity index is 1170. The molecule has 1 saturated heterocycles. The van der Waals surface area contributed by atoms with Crippen molar-refractivity contribution in [1.82, 2.24) is 14.2 Å². The van der Waals surface area contributed by atoms with Crippen molar-refractivity contribution >= 4 is 21.9 Å². The summed E-state index contributed by atoms with van der Waals surface area (Å²) in [5, 5.41) is 2.91. The fourth-order valence-electron chi connectivity index (χ4n) is 4.30. The highest BCUT2D eigenvalue weighted by molar-refractivity contribution is 7.89. The van der Waals surface area contributed by atoms with E-state index in [1.807, 2.05) is 24.3 Å². The van der Waals surface area contributed by atoms with Gasteiger partial charge in [0, 0.05) is 38.1 Å². The van der Waals surface area contributed by atoms with E-state index < -0.39 is 21.9 Å². The van der Waals surface area contributed by atoms with Gasteiger partial charge in [-0.3, -0.25) is 4.79 Å². The number of piperidine rings is 1. The highest BCUT2D eigenvalue weighted by Crippen LogP contribution is 2.32. The standard InChI is InChI=1S/C24H33N3O6S/c1-6-33-24(29)21-16(2)26(4)17(3)22(21)34(30,31)27-12-8-10-19(15-27)23(28)25-14-18-9-7-11-20(13-18)32-5/h7,9,11,13,19H,6,8,10,12,14-15H2,1-5H3,(H,25,28)/t19-/m1/s1. The van der Waals surface area contributed by atoms with Gasteiger partial charge in [-0.1, -0.05) is 12.1 Å². The molecular formula is C24H33N3O6S. The van der Waals surface area contributed by atoms with E-state index in [1.165, 1.54) is 4.31 Å². The van der Waals surface area contributed by atoms with Gasteiger partial charge in [-0.05, 0) is 51.3 Å². The first kappa shape index (κ1) is 25.8. The molecule has 10 heteroatoms. The van der Waals surface area contributed by atoms with Crippen molar-refractivity contribution in [2.45, 2.75) is 45.1 Å². The second kappa shape index (κ2) is 10.6. The summed E-state index contributed by atoms with van der Waals surface area (Å²) in [4.78, 5) is 25.5. The normalized spacial score (nSPS) is 16.8. The molecule has 0 unspecified atom stereocenters. The molecule has 34 heavy (non-hydrogen) atoms. The van der Waals surface area contributed by atoms with Crippen molar-refractivity contribution in [3.05, 3.63) is 46.8 Å². The van der Waals surface area contributed by atoms with E-state index in [-0.39, 0.29) is 36.1 Å². The predicted octanol–water partition coefficient (Wildman–Crippen LogP) is 2.54. The molecule has 9 nitrogen and oxygen atoms in total. The monoisotopic (exact) mass is 491 g/mol. The third kappa shape index (κ3) is 5.12. The molecule has 1 aliphatic rings. The number of hydrogen-bond donors (Lipinski definition) is 1. The zero-order valence-electron chi connectivity index (χ0n) is 20.4. The lowest BCUT2D eigenvalue weighted by atomic mass is 9.99. The van der Waals surface area contributed by atoms with Gasteiger partial charge in [-0.15, -0.1) is 0 Å². The summed E-state index contributed by atoms with van der Waals surface area (Å²) < 4.78 is 40.7. The Morgan fingerprint density at radius 2 is 1.94 bits per heavy atom. The van der Waals surface area contributed by atoms with Gasteiger partial charge in [-0.2, -0.15) is 4.31 Å². The molecule has 1 aromatic carbocycles. The number of ether oxygens (including phenoxy) is 2. The second-order valence-electron chi connectivity index (χ2n) is 8.43. The van der Waals surface area contributed by atoms with E-state index >= 15 is 0 Å². The smallest absolute Gasteiger partial charge is 0.341 e. The number of benzene rings is 1. The van der Waals surface area contributed by atoms with Crippen molar-refractivity contribution in [1.29, 1.82) is 0 Å². The van der Waals surface area contributed by atoms with E-state index in [0.717, 1.165) is 5.56 Å². The van der Waals surface area contributed by atoms with Crippen LogP contribution in [0.2, 0.25) is 0 Å². The molecule has 186 valence electrons. The lowest BCUT2D eigenvalue weighted by Gasteiger charge is -2.31. The summed E-state index contributed by atoms with van der Waals surface area (Å²) in [5.74, 6) is -0.640. The van der Waals surface area contributed by atoms with Crippen LogP contribution in [0, 0.1) is 19.8 Å². The molecule has 1 amide bonds. The van der Waals surface area contributed by atoms with Crippen molar-refractivity contribution in [2.75, 3.05) is 26.8 Å². The van der Waals surface area contributed by atoms with Gasteiger partial charge in [-0.25, -0.2) is 13.2 Å². The molecule has 1 atom stereocenters. The van der Waals surface area contributed by atoms with Gasteiger partial charge in [0.1, 0.15) is 16.2 Å². The molecule has 0 spiro atoms. The highest BCUT2D eigenvalue weighted by atomic mass is 32.2. The van der Waals surface area contributed by atoms with Gasteiger partial charge in [0.15, 0.2) is 0 Å². The Morgan fingerprint density at radius 3 is 2.62 bits per heavy atom. The molecule has 0 bridgehead atoms. The van der Waals surface area contributed by atoms with Crippen LogP contribution in [-0.2, 0) is 33.1 Å². The first-order valence-corrected chi connectivity index (χ1v) is 12.8. The molecule has 0 saturated carbocycles. The van der Waals surface area contributed by atoms with E-state index in [0.29, 0.717) is 36.5 Å². The maximum Gasteiger partial charge on any atom is 0.341 e. The number of hydrogen-bond acceptors (Lipinski definition) is 6. The molecule has 2 heterocycles. The number of esters is 1. The Balaban J connectivity index is 1.79. The fraction of sp³-hybridized carbons (Fsp3) is 0.500. The Hall–Kier alpha value is -2.85. The van der Waals surface area contributed by atoms with Crippen LogP contribution in [0.4, 0.5) is 0 Å². The number of amides is 1. The minimum Gasteiger partial charge on any atom is -0.497 e. The molecule has 1 N–H and O–H groups in total. The zero-order valence-corrected chi connectivity index (χ0v) is 21.2. The van der Waals surface area contributed by atoms with Crippen LogP contribution in [0.15, 0.2) is 29.2 Å². The number of rotatable bonds is 8. The van der Waals surface area contributed by atoms with E-state index in [1.54, 1.807) is 39.5 Å². The van der Waals surface area contributed by atoms with Gasteiger partial charge >= 0.3 is 5.97 Å². The Labute approximate surface area is 201 Å². The topological polar surface area (TPSA) is 107 Å². The maximum atomic E-state index is 13.7. The molecule has 2 aromatic rings. The summed E-state index contributed by atoms with van der Waals surface area (Å²) in [5.41, 5.74) is 1.94. The first-order chi connectivity index (χ1) is 16.1. The lowest BCUT2D eigenvalue weighted by Crippen LogP contribution is -2.45. The number of nitrogens with one attached hydrogen (secondary N) is 1. The number of nitrogens with zero attached hydrogens (tertiary/aromatic N) is 2. The molecule has 1 fully saturated rings. The van der Waals surface area contributed by atoms with Crippen molar-refractivity contribution in [2.24, 2.45) is 13.0 Å². The summed E-state index contributed by atoms with van der Waals surface area (Å²) >= 11 is 0. The van der Waals surface area contributed by atoms with Gasteiger partial charge in [0.2, 0.25) is 15.9 Å². The number of carbonyl (C=O) groups is 2. The van der Waals surface area contributed by atoms with Crippen LogP contribution < -0.4 is 10.1 Å². The van der Waals surface area contributed by atoms with Crippen molar-refractivity contribution in [3.8, 4) is 5.75 Å². The number of aromatic nitrogens is 1. The van der Waals surface area contributed by atoms with E-state index in [2.05, 4.69) is 5.32 Å². The largest absolute Gasteiger partial charge is 0.497 e. The minimum atomic E-state index is -4.02. The third-order valence-corrected chi connectivity index (χ3v) is 8.38. The second-order valence-corrected chi connectivity index (χ2v) is 10.3. The van der Waals surface area contributed by atoms with Crippen LogP contribution in [0.25, 0.3) is 0 Å². The molecule has 0 aliphatic carbocycles. The number of carbonyl (C=O) groups excluding carboxylic acids is 2. The van der Waals surface area contributed by atoms with Crippen molar-refractivity contribution < 1.29 is 27.5 Å². The zero-order chi connectivity index (χ0) is 25.0. The fourth-order valence-corrected chi connectivity index (χ4v) is 6.30. The van der Waals surface area contributed by atoms with E-state index in [9.17, 15) is 18.0 Å². The summed E-state index contributed by atoms with van der Waals surface area (Å²) in [6, 6.07) is 7.40. The summed E-state index contributed by atoms with van der Waals surface area (Å²) in [6.45, 7) is 5.86. The van der Waals surface area contributed by atoms with Crippen LogP contribution >= 0.6 is 0 Å². The van der Waals surface area contributed by atoms with Crippen LogP contribution in [0.3, 0.4) is 0 Å². The average molecular weight is 492 g/mol. The summed E-state index contributed by atoms with van der Waals surface area (Å²) in [6.07, 6.45) is 1.14. The average Bonchev–Trinajstić information content (AvgIpc) is 3.07. The van der Waals surface area contributed by atoms with Gasteiger partial charge in [0.25, 0.3) is 0 Å². The predicted molar refractivity (Wildman–Crippen MR) is 127 cm³/mol.